The molecule has 0 heterocycles. The molecule has 2 fully saturated rings. The predicted molar refractivity (Wildman–Crippen MR) is 84.8 cm³/mol. The standard InChI is InChI=1S/C18H27NO2/c1-3-21-17-7-5-14(10-18(17)20-2)11-19-12-16-9-13-4-6-15(16)8-13/h5,7,10,13,15-16,19H,3-4,6,8-9,11-12H2,1-2H3. The molecule has 3 heteroatoms. The Hall–Kier alpha value is -1.22. The van der Waals surface area contributed by atoms with Gasteiger partial charge in [-0.15, -0.1) is 0 Å². The molecule has 0 amide bonds. The first kappa shape index (κ1) is 14.7. The zero-order valence-corrected chi connectivity index (χ0v) is 13.2. The molecule has 3 unspecified atom stereocenters. The van der Waals surface area contributed by atoms with Crippen molar-refractivity contribution in [2.75, 3.05) is 20.3 Å². The largest absolute Gasteiger partial charge is 0.493 e. The van der Waals surface area contributed by atoms with Crippen molar-refractivity contribution < 1.29 is 9.47 Å². The fourth-order valence-corrected chi connectivity index (χ4v) is 4.13. The zero-order chi connectivity index (χ0) is 14.7. The summed E-state index contributed by atoms with van der Waals surface area (Å²) >= 11 is 0. The van der Waals surface area contributed by atoms with Gasteiger partial charge in [0.15, 0.2) is 11.5 Å². The van der Waals surface area contributed by atoms with Crippen LogP contribution in [0.2, 0.25) is 0 Å². The minimum absolute atomic E-state index is 0.665. The van der Waals surface area contributed by atoms with E-state index in [0.717, 1.165) is 42.3 Å². The normalized spacial score (nSPS) is 27.0. The number of methoxy groups -OCH3 is 1. The van der Waals surface area contributed by atoms with Crippen LogP contribution in [0.4, 0.5) is 0 Å². The van der Waals surface area contributed by atoms with Crippen molar-refractivity contribution in [1.29, 1.82) is 0 Å². The smallest absolute Gasteiger partial charge is 0.161 e. The summed E-state index contributed by atoms with van der Waals surface area (Å²) in [7, 11) is 1.70. The van der Waals surface area contributed by atoms with Gasteiger partial charge in [-0.1, -0.05) is 12.5 Å². The van der Waals surface area contributed by atoms with Crippen molar-refractivity contribution in [3.63, 3.8) is 0 Å². The molecular weight excluding hydrogens is 262 g/mol. The number of ether oxygens (including phenoxy) is 2. The Labute approximate surface area is 128 Å². The Bertz CT molecular complexity index is 474. The Morgan fingerprint density at radius 2 is 2.10 bits per heavy atom. The van der Waals surface area contributed by atoms with E-state index in [0.29, 0.717) is 6.61 Å². The highest BCUT2D eigenvalue weighted by atomic mass is 16.5. The van der Waals surface area contributed by atoms with Gasteiger partial charge in [0.25, 0.3) is 0 Å². The second kappa shape index (κ2) is 6.69. The summed E-state index contributed by atoms with van der Waals surface area (Å²) in [5.41, 5.74) is 1.26. The first-order valence-corrected chi connectivity index (χ1v) is 8.30. The second-order valence-electron chi connectivity index (χ2n) is 6.48. The highest BCUT2D eigenvalue weighted by molar-refractivity contribution is 5.42. The molecule has 2 saturated carbocycles. The van der Waals surface area contributed by atoms with E-state index in [1.807, 2.05) is 13.0 Å². The van der Waals surface area contributed by atoms with Crippen LogP contribution in [-0.2, 0) is 6.54 Å². The summed E-state index contributed by atoms with van der Waals surface area (Å²) in [4.78, 5) is 0. The molecule has 2 bridgehead atoms. The topological polar surface area (TPSA) is 30.5 Å². The van der Waals surface area contributed by atoms with Crippen LogP contribution in [0.3, 0.4) is 0 Å². The highest BCUT2D eigenvalue weighted by Gasteiger charge is 2.38. The fraction of sp³-hybridized carbons (Fsp3) is 0.667. The average molecular weight is 289 g/mol. The van der Waals surface area contributed by atoms with Crippen LogP contribution in [0.1, 0.15) is 38.2 Å². The molecule has 3 rings (SSSR count). The minimum Gasteiger partial charge on any atom is -0.493 e. The van der Waals surface area contributed by atoms with Crippen molar-refractivity contribution in [3.05, 3.63) is 23.8 Å². The molecule has 0 saturated heterocycles. The van der Waals surface area contributed by atoms with Gasteiger partial charge in [0.05, 0.1) is 13.7 Å². The van der Waals surface area contributed by atoms with Crippen molar-refractivity contribution in [2.24, 2.45) is 17.8 Å². The molecule has 1 aromatic rings. The maximum absolute atomic E-state index is 5.56. The third kappa shape index (κ3) is 3.34. The van der Waals surface area contributed by atoms with Crippen LogP contribution in [0.5, 0.6) is 11.5 Å². The van der Waals surface area contributed by atoms with E-state index >= 15 is 0 Å². The zero-order valence-electron chi connectivity index (χ0n) is 13.2. The lowest BCUT2D eigenvalue weighted by molar-refractivity contribution is 0.310. The van der Waals surface area contributed by atoms with Gasteiger partial charge < -0.3 is 14.8 Å². The van der Waals surface area contributed by atoms with E-state index in [1.54, 1.807) is 7.11 Å². The average Bonchev–Trinajstić information content (AvgIpc) is 3.11. The van der Waals surface area contributed by atoms with E-state index in [-0.39, 0.29) is 0 Å². The predicted octanol–water partition coefficient (Wildman–Crippen LogP) is 3.62. The van der Waals surface area contributed by atoms with Gasteiger partial charge in [-0.3, -0.25) is 0 Å². The first-order valence-electron chi connectivity index (χ1n) is 8.30. The van der Waals surface area contributed by atoms with Crippen molar-refractivity contribution in [2.45, 2.75) is 39.2 Å². The van der Waals surface area contributed by atoms with Crippen molar-refractivity contribution in [1.82, 2.24) is 5.32 Å². The van der Waals surface area contributed by atoms with E-state index in [9.17, 15) is 0 Å². The Morgan fingerprint density at radius 1 is 1.19 bits per heavy atom. The fourth-order valence-electron chi connectivity index (χ4n) is 4.13. The van der Waals surface area contributed by atoms with Crippen molar-refractivity contribution in [3.8, 4) is 11.5 Å². The van der Waals surface area contributed by atoms with Crippen LogP contribution in [0.15, 0.2) is 18.2 Å². The van der Waals surface area contributed by atoms with E-state index < -0.39 is 0 Å². The molecule has 0 spiro atoms. The highest BCUT2D eigenvalue weighted by Crippen LogP contribution is 2.47. The van der Waals surface area contributed by atoms with Gasteiger partial charge in [-0.2, -0.15) is 0 Å². The molecule has 0 aliphatic heterocycles. The molecule has 21 heavy (non-hydrogen) atoms. The molecule has 116 valence electrons. The van der Waals surface area contributed by atoms with Gasteiger partial charge in [0, 0.05) is 6.54 Å². The Balaban J connectivity index is 1.51. The van der Waals surface area contributed by atoms with Crippen LogP contribution < -0.4 is 14.8 Å². The first-order chi connectivity index (χ1) is 10.3. The van der Waals surface area contributed by atoms with Crippen LogP contribution in [0.25, 0.3) is 0 Å². The number of fused-ring (bicyclic) bond motifs is 2. The quantitative estimate of drug-likeness (QED) is 0.831. The van der Waals surface area contributed by atoms with Gasteiger partial charge >= 0.3 is 0 Å². The lowest BCUT2D eigenvalue weighted by atomic mass is 9.89. The van der Waals surface area contributed by atoms with Gasteiger partial charge in [0.2, 0.25) is 0 Å². The molecule has 0 radical (unpaired) electrons. The molecule has 2 aliphatic rings. The van der Waals surface area contributed by atoms with Gasteiger partial charge in [-0.05, 0) is 68.2 Å². The molecular formula is C18H27NO2. The molecule has 3 atom stereocenters. The summed E-state index contributed by atoms with van der Waals surface area (Å²) in [6.45, 7) is 4.73. The summed E-state index contributed by atoms with van der Waals surface area (Å²) in [5.74, 6) is 4.60. The molecule has 0 aromatic heterocycles. The number of hydrogen-bond acceptors (Lipinski definition) is 3. The molecule has 1 N–H and O–H groups in total. The SMILES string of the molecule is CCOc1ccc(CNCC2CC3CCC2C3)cc1OC. The maximum Gasteiger partial charge on any atom is 0.161 e. The minimum atomic E-state index is 0.665. The van der Waals surface area contributed by atoms with Gasteiger partial charge in [-0.25, -0.2) is 0 Å². The number of nitrogens with one attached hydrogen (secondary N) is 1. The lowest BCUT2D eigenvalue weighted by Gasteiger charge is -2.22. The number of rotatable bonds is 7. The molecule has 1 aromatic carbocycles. The summed E-state index contributed by atoms with van der Waals surface area (Å²) in [6.07, 6.45) is 5.89. The van der Waals surface area contributed by atoms with E-state index in [2.05, 4.69) is 17.4 Å². The van der Waals surface area contributed by atoms with Gasteiger partial charge in [0.1, 0.15) is 0 Å². The van der Waals surface area contributed by atoms with E-state index in [4.69, 9.17) is 9.47 Å². The summed E-state index contributed by atoms with van der Waals surface area (Å²) in [5, 5.41) is 3.63. The van der Waals surface area contributed by atoms with Crippen molar-refractivity contribution >= 4 is 0 Å². The number of hydrogen-bond donors (Lipinski definition) is 1. The monoisotopic (exact) mass is 289 g/mol. The van der Waals surface area contributed by atoms with Crippen LogP contribution in [0, 0.1) is 17.8 Å². The third-order valence-electron chi connectivity index (χ3n) is 5.15. The van der Waals surface area contributed by atoms with Crippen LogP contribution in [-0.4, -0.2) is 20.3 Å². The third-order valence-corrected chi connectivity index (χ3v) is 5.15. The summed E-state index contributed by atoms with van der Waals surface area (Å²) < 4.78 is 11.0. The lowest BCUT2D eigenvalue weighted by Crippen LogP contribution is -2.26. The Kier molecular flexibility index (Phi) is 4.69. The Morgan fingerprint density at radius 3 is 2.76 bits per heavy atom. The maximum atomic E-state index is 5.56. The second-order valence-corrected chi connectivity index (χ2v) is 6.48. The van der Waals surface area contributed by atoms with Crippen LogP contribution >= 0.6 is 0 Å². The number of benzene rings is 1. The summed E-state index contributed by atoms with van der Waals surface area (Å²) in [6, 6.07) is 6.22. The molecule has 3 nitrogen and oxygen atoms in total. The van der Waals surface area contributed by atoms with E-state index in [1.165, 1.54) is 31.2 Å². The molecule has 2 aliphatic carbocycles.